The van der Waals surface area contributed by atoms with Crippen LogP contribution in [0.3, 0.4) is 0 Å². The lowest BCUT2D eigenvalue weighted by molar-refractivity contribution is 0.526. The number of hydrogen-bond acceptors (Lipinski definition) is 0. The fourth-order valence-corrected chi connectivity index (χ4v) is 5.60. The van der Waals surface area contributed by atoms with Crippen LogP contribution in [0.1, 0.15) is 42.9 Å². The van der Waals surface area contributed by atoms with E-state index in [9.17, 15) is 0 Å². The summed E-state index contributed by atoms with van der Waals surface area (Å²) in [5.74, 6) is 0.543. The van der Waals surface area contributed by atoms with Crippen LogP contribution < -0.4 is 0 Å². The van der Waals surface area contributed by atoms with Gasteiger partial charge >= 0.3 is 0 Å². The third-order valence-corrected chi connectivity index (χ3v) is 7.83. The molecule has 31 heavy (non-hydrogen) atoms. The summed E-state index contributed by atoms with van der Waals surface area (Å²) in [6.45, 7) is 4.77. The first kappa shape index (κ1) is 20.7. The van der Waals surface area contributed by atoms with Gasteiger partial charge in [-0.3, -0.25) is 0 Å². The average Bonchev–Trinajstić information content (AvgIpc) is 3.05. The third-order valence-electron chi connectivity index (χ3n) is 6.77. The van der Waals surface area contributed by atoms with E-state index in [2.05, 4.69) is 137 Å². The molecule has 0 amide bonds. The van der Waals surface area contributed by atoms with E-state index in [1.54, 1.807) is 0 Å². The van der Waals surface area contributed by atoms with Crippen LogP contribution in [-0.2, 0) is 5.41 Å². The fourth-order valence-electron chi connectivity index (χ4n) is 5.07. The Labute approximate surface area is 201 Å². The molecule has 5 rings (SSSR count). The molecule has 0 fully saturated rings. The molecular weight excluding hydrogens is 508 g/mol. The predicted molar refractivity (Wildman–Crippen MR) is 139 cm³/mol. The maximum atomic E-state index is 3.54. The lowest BCUT2D eigenvalue weighted by Crippen LogP contribution is -2.20. The Morgan fingerprint density at radius 2 is 1.10 bits per heavy atom. The van der Waals surface area contributed by atoms with Gasteiger partial charge in [0.05, 0.1) is 0 Å². The highest BCUT2D eigenvalue weighted by Crippen LogP contribution is 2.50. The summed E-state index contributed by atoms with van der Waals surface area (Å²) in [5.41, 5.74) is 9.48. The van der Waals surface area contributed by atoms with Gasteiger partial charge in [-0.2, -0.15) is 0 Å². The molecule has 0 heterocycles. The van der Waals surface area contributed by atoms with E-state index in [1.807, 2.05) is 0 Å². The van der Waals surface area contributed by atoms with Crippen molar-refractivity contribution in [1.82, 2.24) is 0 Å². The van der Waals surface area contributed by atoms with Crippen LogP contribution in [-0.4, -0.2) is 0 Å². The summed E-state index contributed by atoms with van der Waals surface area (Å²) < 4.78 is 2.23. The summed E-state index contributed by atoms with van der Waals surface area (Å²) in [4.78, 5) is 0. The SMILES string of the molecule is CC1CC(C)(c2ccc(-c3ccc(Br)cc3)cc2)c2ccc(-c3ccc(Br)cc3)cc21. The van der Waals surface area contributed by atoms with Gasteiger partial charge in [0.2, 0.25) is 0 Å². The highest BCUT2D eigenvalue weighted by atomic mass is 79.9. The maximum absolute atomic E-state index is 3.54. The minimum Gasteiger partial charge on any atom is -0.0584 e. The number of hydrogen-bond donors (Lipinski definition) is 0. The van der Waals surface area contributed by atoms with Crippen molar-refractivity contribution in [3.8, 4) is 22.3 Å². The smallest absolute Gasteiger partial charge is 0.0183 e. The molecule has 154 valence electrons. The molecule has 4 aromatic rings. The lowest BCUT2D eigenvalue weighted by Gasteiger charge is -2.27. The van der Waals surface area contributed by atoms with Gasteiger partial charge in [0.15, 0.2) is 0 Å². The van der Waals surface area contributed by atoms with Gasteiger partial charge in [0.25, 0.3) is 0 Å². The highest BCUT2D eigenvalue weighted by Gasteiger charge is 2.39. The van der Waals surface area contributed by atoms with E-state index >= 15 is 0 Å². The first-order valence-electron chi connectivity index (χ1n) is 10.7. The van der Waals surface area contributed by atoms with Crippen molar-refractivity contribution >= 4 is 31.9 Å². The van der Waals surface area contributed by atoms with E-state index in [0.29, 0.717) is 5.92 Å². The molecule has 2 heteroatoms. The van der Waals surface area contributed by atoms with Gasteiger partial charge in [0, 0.05) is 14.4 Å². The standard InChI is InChI=1S/C29H24Br2/c1-19-18-29(2,24-10-3-20(4-11-24)21-5-12-25(30)13-6-21)28-16-9-23(17-27(19)28)22-7-14-26(31)15-8-22/h3-17,19H,18H2,1-2H3. The van der Waals surface area contributed by atoms with Crippen LogP contribution in [0.2, 0.25) is 0 Å². The monoisotopic (exact) mass is 530 g/mol. The van der Waals surface area contributed by atoms with Crippen LogP contribution in [0, 0.1) is 0 Å². The normalized spacial score (nSPS) is 19.9. The zero-order valence-electron chi connectivity index (χ0n) is 17.7. The second-order valence-electron chi connectivity index (χ2n) is 8.83. The van der Waals surface area contributed by atoms with Gasteiger partial charge in [-0.05, 0) is 75.5 Å². The van der Waals surface area contributed by atoms with Crippen molar-refractivity contribution in [1.29, 1.82) is 0 Å². The minimum atomic E-state index is 0.0469. The molecule has 0 aliphatic heterocycles. The zero-order valence-corrected chi connectivity index (χ0v) is 20.9. The van der Waals surface area contributed by atoms with Gasteiger partial charge in [-0.1, -0.05) is 112 Å². The van der Waals surface area contributed by atoms with E-state index in [1.165, 1.54) is 38.9 Å². The molecule has 1 aliphatic carbocycles. The molecule has 4 aromatic carbocycles. The Bertz CT molecular complexity index is 1220. The molecule has 1 aliphatic rings. The van der Waals surface area contributed by atoms with Crippen LogP contribution in [0.15, 0.2) is 99.9 Å². The number of fused-ring (bicyclic) bond motifs is 1. The minimum absolute atomic E-state index is 0.0469. The molecule has 0 nitrogen and oxygen atoms in total. The van der Waals surface area contributed by atoms with Gasteiger partial charge < -0.3 is 0 Å². The Hall–Kier alpha value is -2.16. The van der Waals surface area contributed by atoms with E-state index in [-0.39, 0.29) is 5.41 Å². The first-order chi connectivity index (χ1) is 14.9. The summed E-state index contributed by atoms with van der Waals surface area (Å²) in [7, 11) is 0. The van der Waals surface area contributed by atoms with E-state index in [0.717, 1.165) is 15.4 Å². The third kappa shape index (κ3) is 3.81. The number of halogens is 2. The van der Waals surface area contributed by atoms with Gasteiger partial charge in [-0.15, -0.1) is 0 Å². The molecule has 0 saturated heterocycles. The zero-order chi connectivity index (χ0) is 21.6. The molecule has 0 aromatic heterocycles. The van der Waals surface area contributed by atoms with E-state index < -0.39 is 0 Å². The molecule has 0 spiro atoms. The Morgan fingerprint density at radius 3 is 1.65 bits per heavy atom. The Kier molecular flexibility index (Phi) is 5.40. The first-order valence-corrected chi connectivity index (χ1v) is 12.3. The molecule has 0 N–H and O–H groups in total. The lowest BCUT2D eigenvalue weighted by atomic mass is 9.76. The van der Waals surface area contributed by atoms with Crippen molar-refractivity contribution in [2.75, 3.05) is 0 Å². The van der Waals surface area contributed by atoms with E-state index in [4.69, 9.17) is 0 Å². The fraction of sp³-hybridized carbons (Fsp3) is 0.172. The molecular formula is C29H24Br2. The summed E-state index contributed by atoms with van der Waals surface area (Å²) in [6.07, 6.45) is 1.14. The molecule has 2 unspecified atom stereocenters. The van der Waals surface area contributed by atoms with Gasteiger partial charge in [0.1, 0.15) is 0 Å². The van der Waals surface area contributed by atoms with Crippen LogP contribution >= 0.6 is 31.9 Å². The maximum Gasteiger partial charge on any atom is 0.0183 e. The Morgan fingerprint density at radius 1 is 0.645 bits per heavy atom. The molecule has 0 bridgehead atoms. The largest absolute Gasteiger partial charge is 0.0584 e. The summed E-state index contributed by atoms with van der Waals surface area (Å²) in [5, 5.41) is 0. The van der Waals surface area contributed by atoms with Crippen molar-refractivity contribution in [2.24, 2.45) is 0 Å². The van der Waals surface area contributed by atoms with Crippen molar-refractivity contribution in [3.05, 3.63) is 117 Å². The van der Waals surface area contributed by atoms with Crippen LogP contribution in [0.4, 0.5) is 0 Å². The second-order valence-corrected chi connectivity index (χ2v) is 10.7. The second kappa shape index (κ2) is 8.07. The van der Waals surface area contributed by atoms with Crippen molar-refractivity contribution in [3.63, 3.8) is 0 Å². The predicted octanol–water partition coefficient (Wildman–Crippen LogP) is 9.36. The number of rotatable bonds is 3. The van der Waals surface area contributed by atoms with Gasteiger partial charge in [-0.25, -0.2) is 0 Å². The summed E-state index contributed by atoms with van der Waals surface area (Å²) >= 11 is 7.06. The van der Waals surface area contributed by atoms with Crippen LogP contribution in [0.25, 0.3) is 22.3 Å². The number of benzene rings is 4. The topological polar surface area (TPSA) is 0 Å². The summed E-state index contributed by atoms with van der Waals surface area (Å²) in [6, 6.07) is 33.4. The molecule has 2 atom stereocenters. The van der Waals surface area contributed by atoms with Crippen molar-refractivity contribution in [2.45, 2.75) is 31.6 Å². The van der Waals surface area contributed by atoms with Crippen LogP contribution in [0.5, 0.6) is 0 Å². The average molecular weight is 532 g/mol. The highest BCUT2D eigenvalue weighted by molar-refractivity contribution is 9.10. The molecule has 0 radical (unpaired) electrons. The molecule has 0 saturated carbocycles. The Balaban J connectivity index is 1.50. The van der Waals surface area contributed by atoms with Crippen molar-refractivity contribution < 1.29 is 0 Å². The quantitative estimate of drug-likeness (QED) is 0.247.